The number of carbonyl (C=O) groups is 1. The molecular weight excluding hydrogens is 280 g/mol. The molecule has 0 radical (unpaired) electrons. The monoisotopic (exact) mass is 302 g/mol. The normalized spacial score (nSPS) is 11.1. The van der Waals surface area contributed by atoms with Gasteiger partial charge in [0.05, 0.1) is 16.3 Å². The number of aromatic nitrogens is 1. The predicted molar refractivity (Wildman–Crippen MR) is 90.0 cm³/mol. The van der Waals surface area contributed by atoms with E-state index in [1.165, 1.54) is 33.8 Å². The van der Waals surface area contributed by atoms with E-state index in [0.717, 1.165) is 10.5 Å². The predicted octanol–water partition coefficient (Wildman–Crippen LogP) is 3.78. The lowest BCUT2D eigenvalue weighted by molar-refractivity contribution is -0.119. The van der Waals surface area contributed by atoms with Crippen LogP contribution in [0.3, 0.4) is 0 Å². The highest BCUT2D eigenvalue weighted by Crippen LogP contribution is 2.26. The molecule has 21 heavy (non-hydrogen) atoms. The molecule has 0 aliphatic heterocycles. The number of hydrogen-bond acceptors (Lipinski definition) is 3. The van der Waals surface area contributed by atoms with Crippen molar-refractivity contribution in [3.63, 3.8) is 0 Å². The van der Waals surface area contributed by atoms with E-state index in [2.05, 4.69) is 44.3 Å². The quantitative estimate of drug-likeness (QED) is 0.874. The number of nitrogens with zero attached hydrogens (tertiary/aromatic N) is 1. The van der Waals surface area contributed by atoms with Crippen LogP contribution in [0, 0.1) is 20.8 Å². The lowest BCUT2D eigenvalue weighted by atomic mass is 10.0. The summed E-state index contributed by atoms with van der Waals surface area (Å²) < 4.78 is 0. The van der Waals surface area contributed by atoms with Crippen molar-refractivity contribution in [2.24, 2.45) is 0 Å². The smallest absolute Gasteiger partial charge is 0.230 e. The van der Waals surface area contributed by atoms with Crippen molar-refractivity contribution in [1.29, 1.82) is 0 Å². The average Bonchev–Trinajstić information content (AvgIpc) is 2.37. The third-order valence-corrected chi connectivity index (χ3v) is 4.14. The number of fused-ring (bicyclic) bond motifs is 1. The zero-order valence-corrected chi connectivity index (χ0v) is 14.1. The summed E-state index contributed by atoms with van der Waals surface area (Å²) in [5.41, 5.74) is 4.68. The Hall–Kier alpha value is -1.55. The molecule has 4 heteroatoms. The van der Waals surface area contributed by atoms with Crippen LogP contribution in [0.15, 0.2) is 23.2 Å². The van der Waals surface area contributed by atoms with Crippen LogP contribution in [0.4, 0.5) is 0 Å². The molecule has 1 amide bonds. The highest BCUT2D eigenvalue weighted by Gasteiger charge is 2.09. The number of thioether (sulfide) groups is 1. The minimum atomic E-state index is 0.0511. The molecule has 112 valence electrons. The van der Waals surface area contributed by atoms with E-state index >= 15 is 0 Å². The fourth-order valence-corrected chi connectivity index (χ4v) is 3.17. The van der Waals surface area contributed by atoms with Gasteiger partial charge in [-0.2, -0.15) is 0 Å². The van der Waals surface area contributed by atoms with Gasteiger partial charge in [0, 0.05) is 11.4 Å². The van der Waals surface area contributed by atoms with Crippen LogP contribution in [-0.2, 0) is 4.79 Å². The van der Waals surface area contributed by atoms with E-state index in [1.807, 2.05) is 13.8 Å². The van der Waals surface area contributed by atoms with Crippen molar-refractivity contribution >= 4 is 28.6 Å². The van der Waals surface area contributed by atoms with Crippen molar-refractivity contribution < 1.29 is 4.79 Å². The van der Waals surface area contributed by atoms with Crippen LogP contribution < -0.4 is 5.32 Å². The summed E-state index contributed by atoms with van der Waals surface area (Å²) in [4.78, 5) is 16.4. The van der Waals surface area contributed by atoms with Gasteiger partial charge in [0.2, 0.25) is 5.91 Å². The molecule has 0 unspecified atom stereocenters. The third-order valence-electron chi connectivity index (χ3n) is 3.23. The maximum absolute atomic E-state index is 11.7. The Labute approximate surface area is 130 Å². The molecule has 3 nitrogen and oxygen atoms in total. The number of aryl methyl sites for hydroxylation is 3. The maximum Gasteiger partial charge on any atom is 0.230 e. The van der Waals surface area contributed by atoms with Crippen molar-refractivity contribution in [3.8, 4) is 0 Å². The van der Waals surface area contributed by atoms with E-state index in [4.69, 9.17) is 4.98 Å². The molecule has 1 heterocycles. The number of rotatable bonds is 4. The van der Waals surface area contributed by atoms with E-state index in [-0.39, 0.29) is 11.9 Å². The summed E-state index contributed by atoms with van der Waals surface area (Å²) in [6, 6.07) is 6.56. The Balaban J connectivity index is 2.24. The maximum atomic E-state index is 11.7. The van der Waals surface area contributed by atoms with Gasteiger partial charge in [-0.25, -0.2) is 4.98 Å². The molecule has 0 aliphatic rings. The molecule has 1 aromatic heterocycles. The third kappa shape index (κ3) is 3.97. The van der Waals surface area contributed by atoms with Crippen LogP contribution in [0.5, 0.6) is 0 Å². The average molecular weight is 302 g/mol. The van der Waals surface area contributed by atoms with Crippen LogP contribution in [0.25, 0.3) is 10.9 Å². The summed E-state index contributed by atoms with van der Waals surface area (Å²) >= 11 is 1.49. The van der Waals surface area contributed by atoms with Crippen LogP contribution in [0.2, 0.25) is 0 Å². The van der Waals surface area contributed by atoms with Crippen molar-refractivity contribution in [1.82, 2.24) is 10.3 Å². The Kier molecular flexibility index (Phi) is 4.88. The second-order valence-corrected chi connectivity index (χ2v) is 6.76. The van der Waals surface area contributed by atoms with Crippen LogP contribution in [-0.4, -0.2) is 22.7 Å². The number of benzene rings is 1. The second kappa shape index (κ2) is 6.48. The van der Waals surface area contributed by atoms with Gasteiger partial charge in [-0.1, -0.05) is 23.4 Å². The number of pyridine rings is 1. The molecule has 0 atom stereocenters. The van der Waals surface area contributed by atoms with Gasteiger partial charge in [-0.15, -0.1) is 0 Å². The SMILES string of the molecule is Cc1cc(C)c2nc(SCC(=O)NC(C)C)cc(C)c2c1. The minimum Gasteiger partial charge on any atom is -0.353 e. The van der Waals surface area contributed by atoms with Gasteiger partial charge >= 0.3 is 0 Å². The summed E-state index contributed by atoms with van der Waals surface area (Å²) in [6.45, 7) is 10.2. The fourth-order valence-electron chi connectivity index (χ4n) is 2.39. The first kappa shape index (κ1) is 15.8. The van der Waals surface area contributed by atoms with Gasteiger partial charge < -0.3 is 5.32 Å². The van der Waals surface area contributed by atoms with E-state index in [0.29, 0.717) is 5.75 Å². The molecule has 2 aromatic rings. The fraction of sp³-hybridized carbons (Fsp3) is 0.412. The molecule has 0 saturated heterocycles. The largest absolute Gasteiger partial charge is 0.353 e. The lowest BCUT2D eigenvalue weighted by Crippen LogP contribution is -2.31. The molecule has 2 rings (SSSR count). The van der Waals surface area contributed by atoms with E-state index in [1.54, 1.807) is 0 Å². The summed E-state index contributed by atoms with van der Waals surface area (Å²) in [5, 5.41) is 5.00. The van der Waals surface area contributed by atoms with Crippen molar-refractivity contribution in [2.75, 3.05) is 5.75 Å². The first-order chi connectivity index (χ1) is 9.86. The zero-order valence-electron chi connectivity index (χ0n) is 13.3. The van der Waals surface area contributed by atoms with Gasteiger partial charge in [-0.05, 0) is 57.9 Å². The van der Waals surface area contributed by atoms with Crippen molar-refractivity contribution in [3.05, 3.63) is 34.9 Å². The van der Waals surface area contributed by atoms with Crippen LogP contribution >= 0.6 is 11.8 Å². The summed E-state index contributed by atoms with van der Waals surface area (Å²) in [5.74, 6) is 0.455. The second-order valence-electron chi connectivity index (χ2n) is 5.77. The molecule has 1 N–H and O–H groups in total. The highest BCUT2D eigenvalue weighted by molar-refractivity contribution is 7.99. The first-order valence-corrected chi connectivity index (χ1v) is 8.16. The molecule has 0 spiro atoms. The highest BCUT2D eigenvalue weighted by atomic mass is 32.2. The van der Waals surface area contributed by atoms with Crippen LogP contribution in [0.1, 0.15) is 30.5 Å². The molecular formula is C17H22N2OS. The molecule has 0 aliphatic carbocycles. The van der Waals surface area contributed by atoms with Gasteiger partial charge in [0.25, 0.3) is 0 Å². The van der Waals surface area contributed by atoms with Crippen molar-refractivity contribution in [2.45, 2.75) is 45.7 Å². The molecule has 1 aromatic carbocycles. The Bertz CT molecular complexity index is 680. The summed E-state index contributed by atoms with van der Waals surface area (Å²) in [7, 11) is 0. The van der Waals surface area contributed by atoms with E-state index in [9.17, 15) is 4.79 Å². The Morgan fingerprint density at radius 1 is 1.19 bits per heavy atom. The zero-order chi connectivity index (χ0) is 15.6. The molecule has 0 fully saturated rings. The van der Waals surface area contributed by atoms with E-state index < -0.39 is 0 Å². The number of carbonyl (C=O) groups excluding carboxylic acids is 1. The molecule has 0 saturated carbocycles. The minimum absolute atomic E-state index is 0.0511. The molecule has 0 bridgehead atoms. The number of hydrogen-bond donors (Lipinski definition) is 1. The Morgan fingerprint density at radius 3 is 2.57 bits per heavy atom. The van der Waals surface area contributed by atoms with Gasteiger partial charge in [0.1, 0.15) is 0 Å². The standard InChI is InChI=1S/C17H22N2OS/c1-10(2)18-15(20)9-21-16-8-12(4)14-7-11(3)6-13(5)17(14)19-16/h6-8,10H,9H2,1-5H3,(H,18,20). The number of nitrogens with one attached hydrogen (secondary N) is 1. The topological polar surface area (TPSA) is 42.0 Å². The first-order valence-electron chi connectivity index (χ1n) is 7.17. The van der Waals surface area contributed by atoms with Gasteiger partial charge in [0.15, 0.2) is 0 Å². The summed E-state index contributed by atoms with van der Waals surface area (Å²) in [6.07, 6.45) is 0. The number of amides is 1. The Morgan fingerprint density at radius 2 is 1.90 bits per heavy atom. The van der Waals surface area contributed by atoms with Gasteiger partial charge in [-0.3, -0.25) is 4.79 Å². The lowest BCUT2D eigenvalue weighted by Gasteiger charge is -2.10.